The van der Waals surface area contributed by atoms with Gasteiger partial charge < -0.3 is 19.9 Å². The van der Waals surface area contributed by atoms with Gasteiger partial charge in [-0.1, -0.05) is 0 Å². The van der Waals surface area contributed by atoms with E-state index in [0.717, 1.165) is 41.8 Å². The number of aryl methyl sites for hydroxylation is 2. The third kappa shape index (κ3) is 6.77. The minimum absolute atomic E-state index is 0.251. The Balaban J connectivity index is 0.000000279. The van der Waals surface area contributed by atoms with Crippen LogP contribution in [0, 0.1) is 0 Å². The van der Waals surface area contributed by atoms with Gasteiger partial charge in [0.2, 0.25) is 0 Å². The van der Waals surface area contributed by atoms with Crippen LogP contribution in [0.3, 0.4) is 0 Å². The summed E-state index contributed by atoms with van der Waals surface area (Å²) in [6.07, 6.45) is 8.00. The fourth-order valence-corrected chi connectivity index (χ4v) is 2.54. The number of carbonyl (C=O) groups is 3. The molecule has 0 saturated carbocycles. The molecule has 0 aliphatic heterocycles. The lowest BCUT2D eigenvalue weighted by Gasteiger charge is -2.07. The Morgan fingerprint density at radius 3 is 2.56 bits per heavy atom. The fraction of sp³-hybridized carbons (Fsp3) is 0.263. The molecule has 0 amide bonds. The molecule has 3 rings (SSSR count). The number of fused-ring (bicyclic) bond motifs is 1. The highest BCUT2D eigenvalue weighted by Gasteiger charge is 2.19. The predicted molar refractivity (Wildman–Crippen MR) is 95.9 cm³/mol. The SMILES string of the molecule is O=C(O)/C=C\C(=O)O.O=C1CCc2cc(OCCCc3cnc[nH]3)ccc21. The molecule has 1 aliphatic rings. The number of aromatic amines is 1. The van der Waals surface area contributed by atoms with Crippen molar-refractivity contribution in [2.75, 3.05) is 6.61 Å². The average Bonchev–Trinajstić information content (AvgIpc) is 3.28. The van der Waals surface area contributed by atoms with Gasteiger partial charge in [-0.05, 0) is 43.0 Å². The number of carboxylic acids is 2. The van der Waals surface area contributed by atoms with Crippen LogP contribution in [0.2, 0.25) is 0 Å². The summed E-state index contributed by atoms with van der Waals surface area (Å²) in [7, 11) is 0. The molecule has 0 atom stereocenters. The fourth-order valence-electron chi connectivity index (χ4n) is 2.54. The Labute approximate surface area is 155 Å². The molecule has 1 heterocycles. The number of H-pyrrole nitrogens is 1. The second kappa shape index (κ2) is 9.91. The highest BCUT2D eigenvalue weighted by molar-refractivity contribution is 6.00. The van der Waals surface area contributed by atoms with Crippen molar-refractivity contribution in [2.45, 2.75) is 25.7 Å². The number of nitrogens with zero attached hydrogens (tertiary/aromatic N) is 1. The van der Waals surface area contributed by atoms with Gasteiger partial charge in [-0.3, -0.25) is 4.79 Å². The van der Waals surface area contributed by atoms with Crippen molar-refractivity contribution in [2.24, 2.45) is 0 Å². The first-order valence-electron chi connectivity index (χ1n) is 8.36. The Hall–Kier alpha value is -3.42. The first-order valence-corrected chi connectivity index (χ1v) is 8.36. The number of ether oxygens (including phenoxy) is 1. The van der Waals surface area contributed by atoms with E-state index in [4.69, 9.17) is 14.9 Å². The quantitative estimate of drug-likeness (QED) is 0.502. The van der Waals surface area contributed by atoms with E-state index in [9.17, 15) is 14.4 Å². The summed E-state index contributed by atoms with van der Waals surface area (Å²) in [4.78, 5) is 37.7. The van der Waals surface area contributed by atoms with Crippen molar-refractivity contribution in [3.8, 4) is 5.75 Å². The molecule has 0 radical (unpaired) electrons. The maximum atomic E-state index is 11.5. The molecule has 1 aliphatic carbocycles. The van der Waals surface area contributed by atoms with Gasteiger partial charge in [-0.15, -0.1) is 0 Å². The van der Waals surface area contributed by atoms with E-state index >= 15 is 0 Å². The van der Waals surface area contributed by atoms with E-state index in [1.807, 2.05) is 24.4 Å². The number of carbonyl (C=O) groups excluding carboxylic acids is 1. The number of aliphatic carboxylic acids is 2. The molecule has 1 aromatic heterocycles. The predicted octanol–water partition coefficient (Wildman–Crippen LogP) is 2.26. The number of rotatable bonds is 7. The van der Waals surface area contributed by atoms with E-state index in [-0.39, 0.29) is 5.78 Å². The maximum Gasteiger partial charge on any atom is 0.328 e. The summed E-state index contributed by atoms with van der Waals surface area (Å²) < 4.78 is 5.72. The molecular weight excluding hydrogens is 352 g/mol. The van der Waals surface area contributed by atoms with Gasteiger partial charge in [-0.2, -0.15) is 0 Å². The molecule has 27 heavy (non-hydrogen) atoms. The van der Waals surface area contributed by atoms with Crippen molar-refractivity contribution >= 4 is 17.7 Å². The second-order valence-electron chi connectivity index (χ2n) is 5.78. The summed E-state index contributed by atoms with van der Waals surface area (Å²) in [5.41, 5.74) is 3.11. The summed E-state index contributed by atoms with van der Waals surface area (Å²) in [5, 5.41) is 15.6. The smallest absolute Gasteiger partial charge is 0.328 e. The molecule has 0 saturated heterocycles. The van der Waals surface area contributed by atoms with Crippen LogP contribution in [0.5, 0.6) is 5.75 Å². The number of ketones is 1. The van der Waals surface area contributed by atoms with Crippen molar-refractivity contribution < 1.29 is 29.3 Å². The Bertz CT molecular complexity index is 811. The minimum Gasteiger partial charge on any atom is -0.494 e. The van der Waals surface area contributed by atoms with Gasteiger partial charge in [0.1, 0.15) is 5.75 Å². The molecule has 3 N–H and O–H groups in total. The van der Waals surface area contributed by atoms with E-state index in [1.54, 1.807) is 6.33 Å². The van der Waals surface area contributed by atoms with Crippen molar-refractivity contribution in [3.05, 3.63) is 59.7 Å². The van der Waals surface area contributed by atoms with E-state index < -0.39 is 11.9 Å². The molecule has 1 aromatic carbocycles. The molecule has 0 fully saturated rings. The average molecular weight is 372 g/mol. The Morgan fingerprint density at radius 2 is 1.93 bits per heavy atom. The van der Waals surface area contributed by atoms with Gasteiger partial charge in [0.25, 0.3) is 0 Å². The van der Waals surface area contributed by atoms with Crippen molar-refractivity contribution in [3.63, 3.8) is 0 Å². The summed E-state index contributed by atoms with van der Waals surface area (Å²) in [6.45, 7) is 0.672. The molecule has 0 unspecified atom stereocenters. The van der Waals surface area contributed by atoms with Crippen LogP contribution >= 0.6 is 0 Å². The van der Waals surface area contributed by atoms with Crippen LogP contribution < -0.4 is 4.74 Å². The van der Waals surface area contributed by atoms with Crippen LogP contribution in [0.25, 0.3) is 0 Å². The van der Waals surface area contributed by atoms with Crippen LogP contribution in [0.4, 0.5) is 0 Å². The molecule has 0 bridgehead atoms. The summed E-state index contributed by atoms with van der Waals surface area (Å²) >= 11 is 0. The summed E-state index contributed by atoms with van der Waals surface area (Å²) in [6, 6.07) is 5.77. The molecular formula is C19H20N2O6. The zero-order valence-corrected chi connectivity index (χ0v) is 14.6. The minimum atomic E-state index is -1.26. The first kappa shape index (κ1) is 19.9. The van der Waals surface area contributed by atoms with Crippen molar-refractivity contribution in [1.29, 1.82) is 0 Å². The summed E-state index contributed by atoms with van der Waals surface area (Å²) in [5.74, 6) is -1.40. The molecule has 2 aromatic rings. The Morgan fingerprint density at radius 1 is 1.19 bits per heavy atom. The second-order valence-corrected chi connectivity index (χ2v) is 5.78. The number of nitrogens with one attached hydrogen (secondary N) is 1. The zero-order chi connectivity index (χ0) is 19.6. The Kier molecular flexibility index (Phi) is 7.30. The third-order valence-corrected chi connectivity index (χ3v) is 3.78. The van der Waals surface area contributed by atoms with Gasteiger partial charge in [-0.25, -0.2) is 14.6 Å². The number of Topliss-reactive ketones (excluding diaryl/α,β-unsaturated/α-hetero) is 1. The maximum absolute atomic E-state index is 11.5. The lowest BCUT2D eigenvalue weighted by atomic mass is 10.1. The zero-order valence-electron chi connectivity index (χ0n) is 14.6. The van der Waals surface area contributed by atoms with Crippen LogP contribution in [-0.4, -0.2) is 44.5 Å². The van der Waals surface area contributed by atoms with Crippen LogP contribution in [0.1, 0.15) is 34.5 Å². The van der Waals surface area contributed by atoms with Crippen LogP contribution in [0.15, 0.2) is 42.9 Å². The number of carboxylic acid groups (broad SMARTS) is 2. The molecule has 8 heteroatoms. The number of benzene rings is 1. The van der Waals surface area contributed by atoms with Gasteiger partial charge >= 0.3 is 11.9 Å². The van der Waals surface area contributed by atoms with E-state index in [1.165, 1.54) is 0 Å². The van der Waals surface area contributed by atoms with Crippen LogP contribution in [-0.2, 0) is 22.4 Å². The number of hydrogen-bond donors (Lipinski definition) is 3. The largest absolute Gasteiger partial charge is 0.494 e. The molecule has 0 spiro atoms. The topological polar surface area (TPSA) is 130 Å². The third-order valence-electron chi connectivity index (χ3n) is 3.78. The molecule has 142 valence electrons. The van der Waals surface area contributed by atoms with Gasteiger partial charge in [0.05, 0.1) is 12.9 Å². The van der Waals surface area contributed by atoms with Crippen molar-refractivity contribution in [1.82, 2.24) is 9.97 Å². The standard InChI is InChI=1S/C15H16N2O2.C4H4O4/c18-15-6-3-11-8-13(4-5-14(11)15)19-7-1-2-12-9-16-10-17-12;5-3(6)1-2-4(7)8/h4-5,8-10H,1-3,6-7H2,(H,16,17);1-2H,(H,5,6)(H,7,8)/b;2-1-. The first-order chi connectivity index (χ1) is 13.0. The molecule has 8 nitrogen and oxygen atoms in total. The van der Waals surface area contributed by atoms with Gasteiger partial charge in [0, 0.05) is 36.0 Å². The lowest BCUT2D eigenvalue weighted by Crippen LogP contribution is -2.00. The van der Waals surface area contributed by atoms with E-state index in [2.05, 4.69) is 9.97 Å². The number of hydrogen-bond acceptors (Lipinski definition) is 5. The number of aromatic nitrogens is 2. The highest BCUT2D eigenvalue weighted by Crippen LogP contribution is 2.26. The van der Waals surface area contributed by atoms with Gasteiger partial charge in [0.15, 0.2) is 5.78 Å². The normalized spacial score (nSPS) is 12.4. The highest BCUT2D eigenvalue weighted by atomic mass is 16.5. The van der Waals surface area contributed by atoms with E-state index in [0.29, 0.717) is 25.2 Å². The number of imidazole rings is 1. The lowest BCUT2D eigenvalue weighted by molar-refractivity contribution is -0.134. The monoisotopic (exact) mass is 372 g/mol.